The summed E-state index contributed by atoms with van der Waals surface area (Å²) in [5, 5.41) is 3.15. The van der Waals surface area contributed by atoms with Crippen molar-refractivity contribution in [2.24, 2.45) is 0 Å². The van der Waals surface area contributed by atoms with Crippen LogP contribution in [0, 0.1) is 0 Å². The van der Waals surface area contributed by atoms with Crippen LogP contribution < -0.4 is 5.32 Å². The lowest BCUT2D eigenvalue weighted by atomic mass is 9.79. The Bertz CT molecular complexity index is 342. The lowest BCUT2D eigenvalue weighted by molar-refractivity contribution is 0.589. The van der Waals surface area contributed by atoms with Crippen molar-refractivity contribution in [2.75, 3.05) is 7.05 Å². The molecule has 0 atom stereocenters. The van der Waals surface area contributed by atoms with E-state index < -0.39 is 0 Å². The molecule has 0 bridgehead atoms. The van der Waals surface area contributed by atoms with Gasteiger partial charge in [-0.2, -0.15) is 0 Å². The molecular formula is C12H16N2S. The number of hydrogen-bond acceptors (Lipinski definition) is 2. The van der Waals surface area contributed by atoms with Crippen molar-refractivity contribution >= 4 is 17.2 Å². The summed E-state index contributed by atoms with van der Waals surface area (Å²) in [5.74, 6) is 0. The first-order chi connectivity index (χ1) is 7.29. The zero-order valence-electron chi connectivity index (χ0n) is 8.99. The molecule has 0 radical (unpaired) electrons. The smallest absolute Gasteiger partial charge is 0.0858 e. The number of thiocarbonyl (C=S) groups is 1. The van der Waals surface area contributed by atoms with Crippen LogP contribution >= 0.6 is 12.2 Å². The second kappa shape index (κ2) is 4.27. The largest absolute Gasteiger partial charge is 0.382 e. The molecule has 0 amide bonds. The molecule has 1 heterocycles. The highest BCUT2D eigenvalue weighted by Gasteiger charge is 2.39. The summed E-state index contributed by atoms with van der Waals surface area (Å²) >= 11 is 5.47. The molecule has 3 heteroatoms. The summed E-state index contributed by atoms with van der Waals surface area (Å²) in [6, 6.07) is 4.13. The molecule has 1 saturated carbocycles. The highest BCUT2D eigenvalue weighted by atomic mass is 32.1. The molecule has 0 aliphatic heterocycles. The summed E-state index contributed by atoms with van der Waals surface area (Å²) in [7, 11) is 1.92. The summed E-state index contributed by atoms with van der Waals surface area (Å²) in [4.78, 5) is 5.17. The first-order valence-electron chi connectivity index (χ1n) is 5.42. The fraction of sp³-hybridized carbons (Fsp3) is 0.500. The predicted octanol–water partition coefficient (Wildman–Crippen LogP) is 2.44. The Labute approximate surface area is 96.1 Å². The fourth-order valence-corrected chi connectivity index (χ4v) is 2.83. The van der Waals surface area contributed by atoms with Crippen LogP contribution in [0.1, 0.15) is 31.2 Å². The van der Waals surface area contributed by atoms with Crippen molar-refractivity contribution in [3.63, 3.8) is 0 Å². The van der Waals surface area contributed by atoms with Gasteiger partial charge in [-0.15, -0.1) is 0 Å². The minimum atomic E-state index is 0.0539. The molecule has 0 unspecified atom stereocenters. The van der Waals surface area contributed by atoms with Crippen LogP contribution in [0.5, 0.6) is 0 Å². The molecule has 1 aliphatic carbocycles. The fourth-order valence-electron chi connectivity index (χ4n) is 2.51. The Kier molecular flexibility index (Phi) is 3.00. The standard InChI is InChI=1S/C12H16N2S/c1-13-11(15)12(6-2-3-7-12)10-5-4-8-14-9-10/h4-5,8-9H,2-3,6-7H2,1H3,(H,13,15). The van der Waals surface area contributed by atoms with Crippen LogP contribution in [0.3, 0.4) is 0 Å². The minimum absolute atomic E-state index is 0.0539. The van der Waals surface area contributed by atoms with Gasteiger partial charge >= 0.3 is 0 Å². The van der Waals surface area contributed by atoms with Gasteiger partial charge in [0, 0.05) is 24.9 Å². The number of hydrogen-bond donors (Lipinski definition) is 1. The monoisotopic (exact) mass is 220 g/mol. The van der Waals surface area contributed by atoms with E-state index in [1.807, 2.05) is 25.5 Å². The minimum Gasteiger partial charge on any atom is -0.382 e. The highest BCUT2D eigenvalue weighted by molar-refractivity contribution is 7.80. The van der Waals surface area contributed by atoms with Crippen LogP contribution in [0.2, 0.25) is 0 Å². The van der Waals surface area contributed by atoms with Crippen molar-refractivity contribution in [2.45, 2.75) is 31.1 Å². The van der Waals surface area contributed by atoms with Crippen molar-refractivity contribution in [3.05, 3.63) is 30.1 Å². The van der Waals surface area contributed by atoms with E-state index >= 15 is 0 Å². The molecular weight excluding hydrogens is 204 g/mol. The second-order valence-corrected chi connectivity index (χ2v) is 4.52. The predicted molar refractivity (Wildman–Crippen MR) is 66.0 cm³/mol. The van der Waals surface area contributed by atoms with Gasteiger partial charge in [-0.3, -0.25) is 4.98 Å². The number of rotatable bonds is 2. The molecule has 0 spiro atoms. The Morgan fingerprint density at radius 1 is 1.47 bits per heavy atom. The van der Waals surface area contributed by atoms with Crippen LogP contribution in [0.4, 0.5) is 0 Å². The van der Waals surface area contributed by atoms with Crippen molar-refractivity contribution < 1.29 is 0 Å². The third-order valence-corrected chi connectivity index (χ3v) is 3.93. The maximum absolute atomic E-state index is 5.47. The summed E-state index contributed by atoms with van der Waals surface area (Å²) < 4.78 is 0. The van der Waals surface area contributed by atoms with Gasteiger partial charge in [-0.25, -0.2) is 0 Å². The molecule has 1 aliphatic rings. The number of pyridine rings is 1. The van der Waals surface area contributed by atoms with Crippen LogP contribution in [-0.2, 0) is 5.41 Å². The number of nitrogens with one attached hydrogen (secondary N) is 1. The average molecular weight is 220 g/mol. The Morgan fingerprint density at radius 3 is 2.73 bits per heavy atom. The van der Waals surface area contributed by atoms with E-state index in [2.05, 4.69) is 16.4 Å². The molecule has 0 aromatic carbocycles. The quantitative estimate of drug-likeness (QED) is 0.775. The maximum Gasteiger partial charge on any atom is 0.0858 e. The van der Waals surface area contributed by atoms with E-state index in [1.165, 1.54) is 18.4 Å². The third-order valence-electron chi connectivity index (χ3n) is 3.33. The molecule has 1 aromatic rings. The number of nitrogens with zero attached hydrogens (tertiary/aromatic N) is 1. The zero-order valence-corrected chi connectivity index (χ0v) is 9.81. The van der Waals surface area contributed by atoms with Gasteiger partial charge in [-0.1, -0.05) is 31.1 Å². The summed E-state index contributed by atoms with van der Waals surface area (Å²) in [6.07, 6.45) is 8.59. The molecule has 15 heavy (non-hydrogen) atoms. The Hall–Kier alpha value is -0.960. The summed E-state index contributed by atoms with van der Waals surface area (Å²) in [5.41, 5.74) is 1.32. The molecule has 2 nitrogen and oxygen atoms in total. The molecule has 1 aromatic heterocycles. The van der Waals surface area contributed by atoms with E-state index in [0.29, 0.717) is 0 Å². The summed E-state index contributed by atoms with van der Waals surface area (Å²) in [6.45, 7) is 0. The van der Waals surface area contributed by atoms with Crippen LogP contribution in [0.15, 0.2) is 24.5 Å². The first kappa shape index (κ1) is 10.6. The van der Waals surface area contributed by atoms with E-state index in [0.717, 1.165) is 17.8 Å². The van der Waals surface area contributed by atoms with Crippen molar-refractivity contribution in [1.29, 1.82) is 0 Å². The van der Waals surface area contributed by atoms with E-state index in [-0.39, 0.29) is 5.41 Å². The first-order valence-corrected chi connectivity index (χ1v) is 5.83. The van der Waals surface area contributed by atoms with Gasteiger partial charge in [0.2, 0.25) is 0 Å². The molecule has 2 rings (SSSR count). The third kappa shape index (κ3) is 1.76. The van der Waals surface area contributed by atoms with E-state index in [4.69, 9.17) is 12.2 Å². The topological polar surface area (TPSA) is 24.9 Å². The van der Waals surface area contributed by atoms with Crippen molar-refractivity contribution in [3.8, 4) is 0 Å². The normalized spacial score (nSPS) is 18.7. The lowest BCUT2D eigenvalue weighted by Gasteiger charge is -2.29. The highest BCUT2D eigenvalue weighted by Crippen LogP contribution is 2.41. The zero-order chi connectivity index (χ0) is 10.7. The van der Waals surface area contributed by atoms with Gasteiger partial charge in [0.25, 0.3) is 0 Å². The van der Waals surface area contributed by atoms with Crippen LogP contribution in [0.25, 0.3) is 0 Å². The average Bonchev–Trinajstić information content (AvgIpc) is 2.79. The maximum atomic E-state index is 5.47. The second-order valence-electron chi connectivity index (χ2n) is 4.11. The van der Waals surface area contributed by atoms with E-state index in [1.54, 1.807) is 0 Å². The number of aromatic nitrogens is 1. The van der Waals surface area contributed by atoms with Gasteiger partial charge in [-0.05, 0) is 24.5 Å². The molecule has 80 valence electrons. The number of likely N-dealkylation sites (N-methyl/N-ethyl adjacent to an activating group) is 1. The van der Waals surface area contributed by atoms with Gasteiger partial charge in [0.1, 0.15) is 0 Å². The SMILES string of the molecule is CNC(=S)C1(c2cccnc2)CCCC1. The van der Waals surface area contributed by atoms with Gasteiger partial charge in [0.15, 0.2) is 0 Å². The Morgan fingerprint density at radius 2 is 2.20 bits per heavy atom. The Balaban J connectivity index is 2.39. The van der Waals surface area contributed by atoms with Crippen LogP contribution in [-0.4, -0.2) is 17.0 Å². The lowest BCUT2D eigenvalue weighted by Crippen LogP contribution is -2.39. The molecule has 0 saturated heterocycles. The van der Waals surface area contributed by atoms with Gasteiger partial charge < -0.3 is 5.32 Å². The van der Waals surface area contributed by atoms with Gasteiger partial charge in [0.05, 0.1) is 4.99 Å². The van der Waals surface area contributed by atoms with E-state index in [9.17, 15) is 0 Å². The molecule has 1 N–H and O–H groups in total. The van der Waals surface area contributed by atoms with Crippen molar-refractivity contribution in [1.82, 2.24) is 10.3 Å². The molecule has 1 fully saturated rings.